The SMILES string of the molecule is C=C(C)C(=O)OCCOC(=O)C(C#N)=C1Sc2c(OCC(CC)CCCC)c3c(c(OCC(CC)CCCC)c2S1)SC(=C1C(=O)N(CCCC)N(CCCC)C1=O)S3. The number of hydrazine groups is 1. The number of amides is 2. The Morgan fingerprint density at radius 2 is 1.10 bits per heavy atom. The maximum atomic E-state index is 14.2. The first-order chi connectivity index (χ1) is 28.5. The van der Waals surface area contributed by atoms with Gasteiger partial charge in [-0.15, -0.1) is 0 Å². The highest BCUT2D eigenvalue weighted by molar-refractivity contribution is 8.26. The number of hydrogen-bond donors (Lipinski definition) is 0. The van der Waals surface area contributed by atoms with E-state index in [4.69, 9.17) is 18.9 Å². The Balaban J connectivity index is 1.84. The highest BCUT2D eigenvalue weighted by Crippen LogP contribution is 2.68. The largest absolute Gasteiger partial charge is 0.491 e. The smallest absolute Gasteiger partial charge is 0.350 e. The van der Waals surface area contributed by atoms with Crippen molar-refractivity contribution in [3.8, 4) is 17.6 Å². The number of nitrogens with zero attached hydrogens (tertiary/aromatic N) is 3. The van der Waals surface area contributed by atoms with E-state index in [-0.39, 0.29) is 41.7 Å². The molecular formula is C44H61N3O8S4. The molecule has 2 amide bonds. The topological polar surface area (TPSA) is 135 Å². The molecule has 324 valence electrons. The lowest BCUT2D eigenvalue weighted by atomic mass is 10.0. The molecule has 2 atom stereocenters. The number of carbonyl (C=O) groups is 4. The van der Waals surface area contributed by atoms with E-state index in [9.17, 15) is 24.4 Å². The molecule has 1 aromatic carbocycles. The van der Waals surface area contributed by atoms with Gasteiger partial charge in [-0.1, -0.05) is 147 Å². The average molecular weight is 888 g/mol. The van der Waals surface area contributed by atoms with E-state index in [2.05, 4.69) is 54.2 Å². The summed E-state index contributed by atoms with van der Waals surface area (Å²) in [7, 11) is 0. The first kappa shape index (κ1) is 48.5. The van der Waals surface area contributed by atoms with Crippen molar-refractivity contribution in [1.29, 1.82) is 5.26 Å². The number of rotatable bonds is 25. The summed E-state index contributed by atoms with van der Waals surface area (Å²) >= 11 is 5.27. The minimum absolute atomic E-state index is 0.173. The fourth-order valence-corrected chi connectivity index (χ4v) is 12.0. The molecule has 0 N–H and O–H groups in total. The van der Waals surface area contributed by atoms with Crippen LogP contribution in [0, 0.1) is 23.2 Å². The van der Waals surface area contributed by atoms with Gasteiger partial charge in [0.2, 0.25) is 0 Å². The van der Waals surface area contributed by atoms with Gasteiger partial charge in [-0.3, -0.25) is 9.59 Å². The second kappa shape index (κ2) is 24.3. The van der Waals surface area contributed by atoms with Gasteiger partial charge in [0.25, 0.3) is 11.8 Å². The van der Waals surface area contributed by atoms with E-state index < -0.39 is 11.9 Å². The fourth-order valence-electron chi connectivity index (χ4n) is 6.51. The maximum absolute atomic E-state index is 14.2. The quantitative estimate of drug-likeness (QED) is 0.0303. The van der Waals surface area contributed by atoms with Crippen molar-refractivity contribution < 1.29 is 38.1 Å². The van der Waals surface area contributed by atoms with E-state index in [1.807, 2.05) is 0 Å². The Kier molecular flexibility index (Phi) is 20.0. The summed E-state index contributed by atoms with van der Waals surface area (Å²) in [6, 6.07) is 2.06. The first-order valence-electron chi connectivity index (χ1n) is 21.2. The van der Waals surface area contributed by atoms with Gasteiger partial charge in [0.05, 0.1) is 41.3 Å². The summed E-state index contributed by atoms with van der Waals surface area (Å²) < 4.78 is 25.2. The zero-order valence-electron chi connectivity index (χ0n) is 35.8. The number of nitriles is 1. The molecule has 1 fully saturated rings. The lowest BCUT2D eigenvalue weighted by Gasteiger charge is -2.27. The zero-order valence-corrected chi connectivity index (χ0v) is 39.1. The predicted octanol–water partition coefficient (Wildman–Crippen LogP) is 11.1. The summed E-state index contributed by atoms with van der Waals surface area (Å²) in [5.41, 5.74) is 0.229. The van der Waals surface area contributed by atoms with Gasteiger partial charge in [0, 0.05) is 18.7 Å². The van der Waals surface area contributed by atoms with Crippen molar-refractivity contribution in [3.05, 3.63) is 31.8 Å². The Bertz CT molecular complexity index is 1730. The number of ether oxygens (including phenoxy) is 4. The van der Waals surface area contributed by atoms with Crippen LogP contribution in [0.5, 0.6) is 11.5 Å². The fraction of sp³-hybridized carbons (Fsp3) is 0.614. The molecule has 1 saturated heterocycles. The normalized spacial score (nSPS) is 15.6. The molecule has 11 nitrogen and oxygen atoms in total. The molecule has 59 heavy (non-hydrogen) atoms. The Morgan fingerprint density at radius 3 is 1.49 bits per heavy atom. The average Bonchev–Trinajstić information content (AvgIpc) is 3.92. The Hall–Kier alpha value is -3.19. The first-order valence-corrected chi connectivity index (χ1v) is 24.5. The molecule has 0 aromatic heterocycles. The van der Waals surface area contributed by atoms with Gasteiger partial charge in [0.1, 0.15) is 36.4 Å². The van der Waals surface area contributed by atoms with Gasteiger partial charge in [-0.05, 0) is 44.4 Å². The van der Waals surface area contributed by atoms with E-state index in [0.29, 0.717) is 58.1 Å². The van der Waals surface area contributed by atoms with Crippen molar-refractivity contribution in [2.24, 2.45) is 11.8 Å². The number of carbonyl (C=O) groups excluding carboxylic acids is 4. The lowest BCUT2D eigenvalue weighted by molar-refractivity contribution is -0.147. The van der Waals surface area contributed by atoms with Crippen molar-refractivity contribution in [3.63, 3.8) is 0 Å². The molecule has 0 bridgehead atoms. The van der Waals surface area contributed by atoms with Crippen molar-refractivity contribution in [2.75, 3.05) is 39.5 Å². The number of hydrogen-bond acceptors (Lipinski definition) is 13. The van der Waals surface area contributed by atoms with Crippen molar-refractivity contribution in [1.82, 2.24) is 10.0 Å². The standard InChI is InChI=1S/C44H61N3O8S4/c1-9-15-19-29(13-5)26-54-33-35-36(57-43(56-35)31(25-45)42(51)53-24-23-52-41(50)28(7)8)34(55-27-30(14-6)20-16-10-2)38-37(33)58-44(59-38)32-39(48)46(21-17-11-3)47(40(32)49)22-18-12-4/h29-30H,7,9-24,26-27H2,1-6,8H3. The van der Waals surface area contributed by atoms with Crippen LogP contribution in [-0.4, -0.2) is 73.3 Å². The summed E-state index contributed by atoms with van der Waals surface area (Å²) in [6.45, 7) is 19.3. The van der Waals surface area contributed by atoms with Crippen LogP contribution >= 0.6 is 47.0 Å². The highest BCUT2D eigenvalue weighted by atomic mass is 32.2. The summed E-state index contributed by atoms with van der Waals surface area (Å²) in [4.78, 5) is 56.5. The number of thioether (sulfide) groups is 4. The van der Waals surface area contributed by atoms with E-state index in [1.165, 1.54) is 54.0 Å². The summed E-state index contributed by atoms with van der Waals surface area (Å²) in [5.74, 6) is -0.198. The molecule has 2 unspecified atom stereocenters. The van der Waals surface area contributed by atoms with Crippen LogP contribution in [0.15, 0.2) is 51.4 Å². The van der Waals surface area contributed by atoms with Crippen LogP contribution in [-0.2, 0) is 28.7 Å². The molecule has 4 rings (SSSR count). The number of benzene rings is 1. The molecular weight excluding hydrogens is 827 g/mol. The van der Waals surface area contributed by atoms with Gasteiger partial charge < -0.3 is 18.9 Å². The molecule has 3 aliphatic rings. The van der Waals surface area contributed by atoms with Crippen LogP contribution in [0.3, 0.4) is 0 Å². The second-order valence-electron chi connectivity index (χ2n) is 14.9. The van der Waals surface area contributed by atoms with Gasteiger partial charge >= 0.3 is 11.9 Å². The van der Waals surface area contributed by atoms with E-state index in [0.717, 1.165) is 96.6 Å². The number of unbranched alkanes of at least 4 members (excludes halogenated alkanes) is 4. The van der Waals surface area contributed by atoms with Crippen molar-refractivity contribution in [2.45, 2.75) is 145 Å². The lowest BCUT2D eigenvalue weighted by Crippen LogP contribution is -2.42. The van der Waals surface area contributed by atoms with Gasteiger partial charge in [-0.25, -0.2) is 19.6 Å². The minimum Gasteiger partial charge on any atom is -0.491 e. The highest BCUT2D eigenvalue weighted by Gasteiger charge is 2.46. The van der Waals surface area contributed by atoms with Crippen molar-refractivity contribution >= 4 is 70.8 Å². The number of esters is 2. The van der Waals surface area contributed by atoms with Crippen LogP contribution in [0.25, 0.3) is 0 Å². The molecule has 3 heterocycles. The van der Waals surface area contributed by atoms with Crippen LogP contribution in [0.4, 0.5) is 0 Å². The molecule has 0 radical (unpaired) electrons. The summed E-state index contributed by atoms with van der Waals surface area (Å²) in [5, 5.41) is 13.6. The molecule has 15 heteroatoms. The minimum atomic E-state index is -0.829. The van der Waals surface area contributed by atoms with Crippen LogP contribution < -0.4 is 9.47 Å². The molecule has 0 aliphatic carbocycles. The Labute approximate surface area is 368 Å². The third-order valence-corrected chi connectivity index (χ3v) is 15.5. The predicted molar refractivity (Wildman–Crippen MR) is 237 cm³/mol. The summed E-state index contributed by atoms with van der Waals surface area (Å²) in [6.07, 6.45) is 11.5. The molecule has 1 aromatic rings. The van der Waals surface area contributed by atoms with E-state index >= 15 is 0 Å². The van der Waals surface area contributed by atoms with E-state index in [1.54, 1.807) is 10.0 Å². The molecule has 0 saturated carbocycles. The second-order valence-corrected chi connectivity index (χ2v) is 19.5. The monoisotopic (exact) mass is 887 g/mol. The van der Waals surface area contributed by atoms with Crippen LogP contribution in [0.2, 0.25) is 0 Å². The van der Waals surface area contributed by atoms with Gasteiger partial charge in [-0.2, -0.15) is 5.26 Å². The van der Waals surface area contributed by atoms with Crippen LogP contribution in [0.1, 0.15) is 126 Å². The van der Waals surface area contributed by atoms with Gasteiger partial charge in [0.15, 0.2) is 5.57 Å². The maximum Gasteiger partial charge on any atom is 0.350 e. The third-order valence-electron chi connectivity index (χ3n) is 10.3. The molecule has 0 spiro atoms. The zero-order chi connectivity index (χ0) is 43.1. The number of fused-ring (bicyclic) bond motifs is 2. The third kappa shape index (κ3) is 12.2. The Morgan fingerprint density at radius 1 is 0.678 bits per heavy atom. The molecule has 3 aliphatic heterocycles.